The van der Waals surface area contributed by atoms with Crippen LogP contribution in [-0.2, 0) is 0 Å². The smallest absolute Gasteiger partial charge is 0.344 e. The number of hydrogen-bond donors (Lipinski definition) is 1. The van der Waals surface area contributed by atoms with Crippen LogP contribution in [0.15, 0.2) is 6.20 Å². The van der Waals surface area contributed by atoms with Crippen LogP contribution in [0.1, 0.15) is 28.0 Å². The highest BCUT2D eigenvalue weighted by molar-refractivity contribution is 5.95. The monoisotopic (exact) mass is 243 g/mol. The van der Waals surface area contributed by atoms with E-state index in [0.717, 1.165) is 0 Å². The number of halogens is 2. The van der Waals surface area contributed by atoms with E-state index in [0.29, 0.717) is 6.20 Å². The molecule has 0 saturated carbocycles. The van der Waals surface area contributed by atoms with Crippen LogP contribution in [-0.4, -0.2) is 21.0 Å². The molecule has 88 valence electrons. The summed E-state index contributed by atoms with van der Waals surface area (Å²) in [6.07, 6.45) is -2.80. The number of nitrogens with zero attached hydrogens (tertiary/aromatic N) is 3. The fraction of sp³-hybridized carbons (Fsp3) is 0.125. The summed E-state index contributed by atoms with van der Waals surface area (Å²) in [5.74, 6) is -1.84. The number of carbonyl (C=O) groups is 1. The van der Waals surface area contributed by atoms with Crippen molar-refractivity contribution in [1.29, 1.82) is 5.26 Å². The van der Waals surface area contributed by atoms with Crippen molar-refractivity contribution in [2.75, 3.05) is 0 Å². The molecule has 0 saturated heterocycles. The van der Waals surface area contributed by atoms with Gasteiger partial charge in [0.15, 0.2) is 5.56 Å². The number of aromatic carboxylic acids is 1. The summed E-state index contributed by atoms with van der Waals surface area (Å²) in [5.41, 5.74) is -4.17. The summed E-state index contributed by atoms with van der Waals surface area (Å²) in [7, 11) is 0. The first-order chi connectivity index (χ1) is 7.90. The second-order valence-electron chi connectivity index (χ2n) is 2.75. The Labute approximate surface area is 92.1 Å². The second kappa shape index (κ2) is 4.48. The van der Waals surface area contributed by atoms with Crippen LogP contribution in [0.5, 0.6) is 0 Å². The van der Waals surface area contributed by atoms with Gasteiger partial charge in [-0.2, -0.15) is 5.26 Å². The van der Waals surface area contributed by atoms with Crippen molar-refractivity contribution in [2.45, 2.75) is 6.43 Å². The predicted molar refractivity (Wildman–Crippen MR) is 47.5 cm³/mol. The number of carboxylic acids is 1. The molecular weight excluding hydrogens is 240 g/mol. The van der Waals surface area contributed by atoms with Gasteiger partial charge in [-0.05, 0) is 0 Å². The number of aromatic nitrogens is 1. The first-order valence-corrected chi connectivity index (χ1v) is 3.99. The van der Waals surface area contributed by atoms with E-state index < -0.39 is 39.8 Å². The van der Waals surface area contributed by atoms with E-state index in [1.807, 2.05) is 0 Å². The zero-order chi connectivity index (χ0) is 13.2. The van der Waals surface area contributed by atoms with Crippen LogP contribution in [0.4, 0.5) is 14.5 Å². The van der Waals surface area contributed by atoms with Crippen molar-refractivity contribution in [3.8, 4) is 6.07 Å². The molecule has 0 atom stereocenters. The largest absolute Gasteiger partial charge is 0.477 e. The Bertz CT molecular complexity index is 538. The number of alkyl halides is 2. The van der Waals surface area contributed by atoms with Crippen LogP contribution in [0.3, 0.4) is 0 Å². The molecule has 1 aromatic heterocycles. The molecule has 9 heteroatoms. The number of rotatable bonds is 3. The van der Waals surface area contributed by atoms with Crippen molar-refractivity contribution in [3.05, 3.63) is 33.1 Å². The van der Waals surface area contributed by atoms with Gasteiger partial charge >= 0.3 is 11.7 Å². The fourth-order valence-electron chi connectivity index (χ4n) is 1.15. The highest BCUT2D eigenvalue weighted by atomic mass is 19.3. The van der Waals surface area contributed by atoms with Gasteiger partial charge in [-0.3, -0.25) is 10.1 Å². The number of nitro groups is 1. The van der Waals surface area contributed by atoms with Crippen LogP contribution < -0.4 is 0 Å². The molecule has 1 aromatic rings. The van der Waals surface area contributed by atoms with Gasteiger partial charge in [0.05, 0.1) is 4.92 Å². The molecule has 1 N–H and O–H groups in total. The topological polar surface area (TPSA) is 117 Å². The number of carboxylic acid groups (broad SMARTS) is 1. The summed E-state index contributed by atoms with van der Waals surface area (Å²) in [6, 6.07) is 1.19. The van der Waals surface area contributed by atoms with E-state index in [2.05, 4.69) is 4.98 Å². The summed E-state index contributed by atoms with van der Waals surface area (Å²) in [4.78, 5) is 23.2. The van der Waals surface area contributed by atoms with E-state index >= 15 is 0 Å². The molecule has 0 fully saturated rings. The Hall–Kier alpha value is -2.63. The van der Waals surface area contributed by atoms with Crippen molar-refractivity contribution in [1.82, 2.24) is 4.98 Å². The Morgan fingerprint density at radius 1 is 1.65 bits per heavy atom. The molecule has 0 aromatic carbocycles. The molecule has 0 unspecified atom stereocenters. The van der Waals surface area contributed by atoms with Gasteiger partial charge in [0.2, 0.25) is 0 Å². The number of hydrogen-bond acceptors (Lipinski definition) is 5. The van der Waals surface area contributed by atoms with Crippen LogP contribution in [0.25, 0.3) is 0 Å². The third kappa shape index (κ3) is 2.15. The molecule has 0 aliphatic heterocycles. The molecule has 17 heavy (non-hydrogen) atoms. The quantitative estimate of drug-likeness (QED) is 0.634. The lowest BCUT2D eigenvalue weighted by Gasteiger charge is -2.05. The molecule has 0 aliphatic rings. The third-order valence-corrected chi connectivity index (χ3v) is 1.82. The zero-order valence-electron chi connectivity index (χ0n) is 7.92. The lowest BCUT2D eigenvalue weighted by atomic mass is 10.1. The Kier molecular flexibility index (Phi) is 3.28. The molecule has 0 bridgehead atoms. The van der Waals surface area contributed by atoms with Gasteiger partial charge in [0.25, 0.3) is 6.43 Å². The van der Waals surface area contributed by atoms with E-state index in [1.54, 1.807) is 0 Å². The van der Waals surface area contributed by atoms with Crippen molar-refractivity contribution < 1.29 is 23.6 Å². The van der Waals surface area contributed by atoms with Gasteiger partial charge in [-0.25, -0.2) is 18.6 Å². The Morgan fingerprint density at radius 3 is 2.59 bits per heavy atom. The van der Waals surface area contributed by atoms with Gasteiger partial charge in [-0.15, -0.1) is 0 Å². The van der Waals surface area contributed by atoms with E-state index in [4.69, 9.17) is 10.4 Å². The van der Waals surface area contributed by atoms with Gasteiger partial charge < -0.3 is 5.11 Å². The minimum Gasteiger partial charge on any atom is -0.477 e. The van der Waals surface area contributed by atoms with Gasteiger partial charge in [0, 0.05) is 0 Å². The van der Waals surface area contributed by atoms with Crippen molar-refractivity contribution >= 4 is 11.7 Å². The molecule has 0 spiro atoms. The maximum absolute atomic E-state index is 12.4. The average Bonchev–Trinajstić information content (AvgIpc) is 2.26. The molecular formula is C8H3F2N3O4. The molecule has 7 nitrogen and oxygen atoms in total. The van der Waals surface area contributed by atoms with Gasteiger partial charge in [-0.1, -0.05) is 0 Å². The summed E-state index contributed by atoms with van der Waals surface area (Å²) in [5, 5.41) is 27.8. The summed E-state index contributed by atoms with van der Waals surface area (Å²) < 4.78 is 24.8. The normalized spacial score (nSPS) is 10.0. The van der Waals surface area contributed by atoms with Crippen LogP contribution in [0.2, 0.25) is 0 Å². The first-order valence-electron chi connectivity index (χ1n) is 3.99. The highest BCUT2D eigenvalue weighted by Crippen LogP contribution is 2.28. The molecule has 0 amide bonds. The summed E-state index contributed by atoms with van der Waals surface area (Å²) in [6.45, 7) is 0. The Morgan fingerprint density at radius 2 is 2.24 bits per heavy atom. The maximum Gasteiger partial charge on any atom is 0.344 e. The molecule has 1 heterocycles. The van der Waals surface area contributed by atoms with E-state index in [1.165, 1.54) is 6.07 Å². The minimum absolute atomic E-state index is 0.395. The fourth-order valence-corrected chi connectivity index (χ4v) is 1.15. The van der Waals surface area contributed by atoms with E-state index in [-0.39, 0.29) is 0 Å². The van der Waals surface area contributed by atoms with Crippen molar-refractivity contribution in [3.63, 3.8) is 0 Å². The van der Waals surface area contributed by atoms with Crippen LogP contribution >= 0.6 is 0 Å². The van der Waals surface area contributed by atoms with Crippen molar-refractivity contribution in [2.24, 2.45) is 0 Å². The lowest BCUT2D eigenvalue weighted by molar-refractivity contribution is -0.385. The lowest BCUT2D eigenvalue weighted by Crippen LogP contribution is -2.10. The van der Waals surface area contributed by atoms with Crippen LogP contribution in [0, 0.1) is 21.4 Å². The standard InChI is InChI=1S/C8H3F2N3O4/c9-7(10)6-3(1-11)5(8(14)15)4(2-12-6)13(16)17/h2,7H,(H,14,15). The second-order valence-corrected chi connectivity index (χ2v) is 2.75. The summed E-state index contributed by atoms with van der Waals surface area (Å²) >= 11 is 0. The number of nitriles is 1. The zero-order valence-corrected chi connectivity index (χ0v) is 7.92. The maximum atomic E-state index is 12.4. The minimum atomic E-state index is -3.19. The SMILES string of the molecule is N#Cc1c(C(F)F)ncc([N+](=O)[O-])c1C(=O)O. The molecule has 0 radical (unpaired) electrons. The van der Waals surface area contributed by atoms with Gasteiger partial charge in [0.1, 0.15) is 23.5 Å². The first kappa shape index (κ1) is 12.4. The van der Waals surface area contributed by atoms with E-state index in [9.17, 15) is 23.7 Å². The predicted octanol–water partition coefficient (Wildman–Crippen LogP) is 1.50. The Balaban J connectivity index is 3.69. The third-order valence-electron chi connectivity index (χ3n) is 1.82. The number of pyridine rings is 1. The molecule has 1 rings (SSSR count). The molecule has 0 aliphatic carbocycles. The average molecular weight is 243 g/mol. The highest BCUT2D eigenvalue weighted by Gasteiger charge is 2.30.